The van der Waals surface area contributed by atoms with Crippen LogP contribution in [0.5, 0.6) is 0 Å². The van der Waals surface area contributed by atoms with Gasteiger partial charge in [-0.25, -0.2) is 9.97 Å². The fourth-order valence-corrected chi connectivity index (χ4v) is 1.02. The monoisotopic (exact) mass is 150 g/mol. The molecule has 56 valence electrons. The van der Waals surface area contributed by atoms with Crippen molar-refractivity contribution in [2.75, 3.05) is 0 Å². The molecule has 2 rings (SSSR count). The topological polar surface area (TPSA) is 52.1 Å². The maximum Gasteiger partial charge on any atom is 0.192 e. The van der Waals surface area contributed by atoms with E-state index in [0.29, 0.717) is 19.5 Å². The van der Waals surface area contributed by atoms with Gasteiger partial charge in [0.05, 0.1) is 18.9 Å². The average molecular weight is 150 g/mol. The van der Waals surface area contributed by atoms with Crippen LogP contribution in [-0.2, 0) is 18.0 Å². The van der Waals surface area contributed by atoms with E-state index >= 15 is 0 Å². The Labute approximate surface area is 63.2 Å². The Morgan fingerprint density at radius 2 is 2.45 bits per heavy atom. The van der Waals surface area contributed by atoms with E-state index < -0.39 is 0 Å². The van der Waals surface area contributed by atoms with E-state index in [9.17, 15) is 4.79 Å². The summed E-state index contributed by atoms with van der Waals surface area (Å²) < 4.78 is 5.10. The Hall–Kier alpha value is -1.29. The molecule has 1 aliphatic rings. The Bertz CT molecular complexity index is 298. The van der Waals surface area contributed by atoms with Gasteiger partial charge in [-0.1, -0.05) is 0 Å². The largest absolute Gasteiger partial charge is 0.370 e. The summed E-state index contributed by atoms with van der Waals surface area (Å²) in [5, 5.41) is 0. The first-order valence-corrected chi connectivity index (χ1v) is 3.28. The Morgan fingerprint density at radius 3 is 3.27 bits per heavy atom. The minimum Gasteiger partial charge on any atom is -0.370 e. The van der Waals surface area contributed by atoms with Gasteiger partial charge < -0.3 is 4.74 Å². The maximum absolute atomic E-state index is 10.2. The zero-order chi connectivity index (χ0) is 7.68. The highest BCUT2D eigenvalue weighted by atomic mass is 16.5. The van der Waals surface area contributed by atoms with Crippen molar-refractivity contribution < 1.29 is 9.53 Å². The van der Waals surface area contributed by atoms with Crippen LogP contribution in [0.25, 0.3) is 0 Å². The van der Waals surface area contributed by atoms with Crippen LogP contribution in [0.1, 0.15) is 21.9 Å². The molecule has 0 bridgehead atoms. The summed E-state index contributed by atoms with van der Waals surface area (Å²) >= 11 is 0. The van der Waals surface area contributed by atoms with Gasteiger partial charge in [0.15, 0.2) is 12.1 Å². The molecular weight excluding hydrogens is 144 g/mol. The lowest BCUT2D eigenvalue weighted by atomic mass is 10.3. The van der Waals surface area contributed by atoms with Crippen LogP contribution in [0.4, 0.5) is 0 Å². The third kappa shape index (κ3) is 1.01. The number of hydrogen-bond acceptors (Lipinski definition) is 4. The van der Waals surface area contributed by atoms with Gasteiger partial charge in [-0.15, -0.1) is 0 Å². The number of fused-ring (bicyclic) bond motifs is 1. The van der Waals surface area contributed by atoms with Gasteiger partial charge in [0.1, 0.15) is 0 Å². The average Bonchev–Trinajstić information content (AvgIpc) is 2.50. The lowest BCUT2D eigenvalue weighted by molar-refractivity contribution is 0.111. The van der Waals surface area contributed by atoms with Gasteiger partial charge in [0, 0.05) is 11.8 Å². The number of aldehydes is 1. The molecule has 0 amide bonds. The molecule has 0 spiro atoms. The van der Waals surface area contributed by atoms with Gasteiger partial charge in [-0.3, -0.25) is 4.79 Å². The zero-order valence-electron chi connectivity index (χ0n) is 5.78. The molecule has 0 aromatic carbocycles. The molecule has 2 heterocycles. The van der Waals surface area contributed by atoms with Gasteiger partial charge >= 0.3 is 0 Å². The van der Waals surface area contributed by atoms with Crippen LogP contribution in [-0.4, -0.2) is 16.3 Å². The van der Waals surface area contributed by atoms with Crippen LogP contribution < -0.4 is 0 Å². The van der Waals surface area contributed by atoms with Crippen molar-refractivity contribution in [1.82, 2.24) is 9.97 Å². The molecule has 4 nitrogen and oxygen atoms in total. The Morgan fingerprint density at radius 1 is 1.55 bits per heavy atom. The first-order valence-electron chi connectivity index (χ1n) is 3.28. The molecule has 0 unspecified atom stereocenters. The molecule has 0 aliphatic carbocycles. The predicted octanol–water partition coefficient (Wildman–Crippen LogP) is 0.319. The standard InChI is InChI=1S/C7H6N2O2/c10-2-7-8-1-5-3-11-4-6(5)9-7/h1-2H,3-4H2. The van der Waals surface area contributed by atoms with E-state index in [2.05, 4.69) is 9.97 Å². The summed E-state index contributed by atoms with van der Waals surface area (Å²) in [7, 11) is 0. The predicted molar refractivity (Wildman–Crippen MR) is 35.9 cm³/mol. The van der Waals surface area contributed by atoms with E-state index in [-0.39, 0.29) is 5.82 Å². The first kappa shape index (κ1) is 6.42. The van der Waals surface area contributed by atoms with E-state index in [4.69, 9.17) is 4.74 Å². The highest BCUT2D eigenvalue weighted by Gasteiger charge is 2.13. The summed E-state index contributed by atoms with van der Waals surface area (Å²) in [6.07, 6.45) is 2.28. The molecular formula is C7H6N2O2. The van der Waals surface area contributed by atoms with Gasteiger partial charge in [0.2, 0.25) is 0 Å². The van der Waals surface area contributed by atoms with E-state index in [1.165, 1.54) is 0 Å². The number of hydrogen-bond donors (Lipinski definition) is 0. The Balaban J connectivity index is 2.48. The smallest absolute Gasteiger partial charge is 0.192 e. The number of carbonyl (C=O) groups is 1. The molecule has 1 aromatic heterocycles. The van der Waals surface area contributed by atoms with Gasteiger partial charge in [-0.05, 0) is 0 Å². The number of nitrogens with zero attached hydrogens (tertiary/aromatic N) is 2. The highest BCUT2D eigenvalue weighted by molar-refractivity contribution is 5.68. The summed E-state index contributed by atoms with van der Waals surface area (Å²) in [5.74, 6) is 0.231. The maximum atomic E-state index is 10.2. The third-order valence-electron chi connectivity index (χ3n) is 1.57. The van der Waals surface area contributed by atoms with Crippen molar-refractivity contribution in [1.29, 1.82) is 0 Å². The zero-order valence-corrected chi connectivity index (χ0v) is 5.78. The molecule has 0 atom stereocenters. The fraction of sp³-hybridized carbons (Fsp3) is 0.286. The number of ether oxygens (including phenoxy) is 1. The molecule has 0 radical (unpaired) electrons. The van der Waals surface area contributed by atoms with Crippen molar-refractivity contribution in [2.24, 2.45) is 0 Å². The van der Waals surface area contributed by atoms with Gasteiger partial charge in [-0.2, -0.15) is 0 Å². The van der Waals surface area contributed by atoms with Crippen molar-refractivity contribution in [3.8, 4) is 0 Å². The number of aromatic nitrogens is 2. The minimum absolute atomic E-state index is 0.231. The first-order chi connectivity index (χ1) is 5.40. The van der Waals surface area contributed by atoms with Crippen LogP contribution in [0.2, 0.25) is 0 Å². The second kappa shape index (κ2) is 2.39. The highest BCUT2D eigenvalue weighted by Crippen LogP contribution is 2.15. The van der Waals surface area contributed by atoms with Crippen LogP contribution in [0.15, 0.2) is 6.20 Å². The number of carbonyl (C=O) groups excluding carboxylic acids is 1. The molecule has 0 N–H and O–H groups in total. The minimum atomic E-state index is 0.231. The van der Waals surface area contributed by atoms with Crippen LogP contribution in [0, 0.1) is 0 Å². The number of rotatable bonds is 1. The molecule has 1 aliphatic heterocycles. The van der Waals surface area contributed by atoms with Crippen molar-refractivity contribution in [3.05, 3.63) is 23.3 Å². The lowest BCUT2D eigenvalue weighted by Crippen LogP contribution is -1.97. The molecule has 11 heavy (non-hydrogen) atoms. The van der Waals surface area contributed by atoms with Crippen LogP contribution in [0.3, 0.4) is 0 Å². The Kier molecular flexibility index (Phi) is 1.40. The van der Waals surface area contributed by atoms with Crippen molar-refractivity contribution >= 4 is 6.29 Å². The quantitative estimate of drug-likeness (QED) is 0.541. The summed E-state index contributed by atoms with van der Waals surface area (Å²) in [5.41, 5.74) is 1.82. The molecule has 0 saturated heterocycles. The summed E-state index contributed by atoms with van der Waals surface area (Å²) in [6, 6.07) is 0. The van der Waals surface area contributed by atoms with Gasteiger partial charge in [0.25, 0.3) is 0 Å². The van der Waals surface area contributed by atoms with Crippen molar-refractivity contribution in [2.45, 2.75) is 13.2 Å². The lowest BCUT2D eigenvalue weighted by Gasteiger charge is -1.93. The second-order valence-corrected chi connectivity index (χ2v) is 2.31. The molecule has 1 aromatic rings. The van der Waals surface area contributed by atoms with E-state index in [1.807, 2.05) is 0 Å². The van der Waals surface area contributed by atoms with E-state index in [0.717, 1.165) is 11.3 Å². The third-order valence-corrected chi connectivity index (χ3v) is 1.57. The van der Waals surface area contributed by atoms with Crippen LogP contribution >= 0.6 is 0 Å². The second-order valence-electron chi connectivity index (χ2n) is 2.31. The van der Waals surface area contributed by atoms with E-state index in [1.54, 1.807) is 6.20 Å². The SMILES string of the molecule is O=Cc1ncc2c(n1)COC2. The molecule has 0 fully saturated rings. The summed E-state index contributed by atoms with van der Waals surface area (Å²) in [6.45, 7) is 1.06. The summed E-state index contributed by atoms with van der Waals surface area (Å²) in [4.78, 5) is 18.0. The van der Waals surface area contributed by atoms with Crippen molar-refractivity contribution in [3.63, 3.8) is 0 Å². The molecule has 4 heteroatoms. The fourth-order valence-electron chi connectivity index (χ4n) is 1.02. The molecule has 0 saturated carbocycles. The normalized spacial score (nSPS) is 14.5.